The number of methoxy groups -OCH3 is 1. The first-order valence-corrected chi connectivity index (χ1v) is 3.97. The Labute approximate surface area is 78.5 Å². The topological polar surface area (TPSA) is 38.7 Å². The minimum atomic E-state index is 0.810. The van der Waals surface area contributed by atoms with E-state index in [1.807, 2.05) is 26.0 Å². The van der Waals surface area contributed by atoms with Crippen LogP contribution in [0.1, 0.15) is 11.1 Å². The van der Waals surface area contributed by atoms with Crippen LogP contribution in [0.15, 0.2) is 12.1 Å². The molecule has 1 rings (SSSR count). The second-order valence-corrected chi connectivity index (χ2v) is 2.90. The molecule has 0 heterocycles. The number of hydrogen-bond acceptors (Lipinski definition) is 3. The van der Waals surface area contributed by atoms with Crippen molar-refractivity contribution in [2.75, 3.05) is 7.11 Å². The third-order valence-corrected chi connectivity index (χ3v) is 1.97. The molecule has 1 radical (unpaired) electrons. The highest BCUT2D eigenvalue weighted by Gasteiger charge is 2.07. The zero-order chi connectivity index (χ0) is 9.84. The van der Waals surface area contributed by atoms with Gasteiger partial charge in [-0.2, -0.15) is 0 Å². The maximum absolute atomic E-state index is 8.31. The van der Waals surface area contributed by atoms with Gasteiger partial charge in [0.15, 0.2) is 0 Å². The maximum atomic E-state index is 8.31. The fourth-order valence-electron chi connectivity index (χ4n) is 1.29. The summed E-state index contributed by atoms with van der Waals surface area (Å²) in [5, 5.41) is 8.31. The van der Waals surface area contributed by atoms with Gasteiger partial charge in [0.2, 0.25) is 0 Å². The average molecular weight is 179 g/mol. The number of benzene rings is 1. The molecule has 3 nitrogen and oxygen atoms in total. The third kappa shape index (κ3) is 2.23. The van der Waals surface area contributed by atoms with Crippen LogP contribution in [0.5, 0.6) is 5.75 Å². The highest BCUT2D eigenvalue weighted by Crippen LogP contribution is 2.13. The molecule has 0 bridgehead atoms. The fourth-order valence-corrected chi connectivity index (χ4v) is 1.29. The van der Waals surface area contributed by atoms with Crippen LogP contribution in [0.2, 0.25) is 0 Å². The number of rotatable bonds is 3. The van der Waals surface area contributed by atoms with Gasteiger partial charge in [0.05, 0.1) is 7.11 Å². The summed E-state index contributed by atoms with van der Waals surface area (Å²) in [7, 11) is 2.93. The fraction of sp³-hybridized carbons (Fsp3) is 0.333. The highest BCUT2D eigenvalue weighted by atomic mass is 17.1. The van der Waals surface area contributed by atoms with Crippen molar-refractivity contribution in [3.05, 3.63) is 23.3 Å². The van der Waals surface area contributed by atoms with Gasteiger partial charge in [-0.3, -0.25) is 5.26 Å². The van der Waals surface area contributed by atoms with Crippen molar-refractivity contribution in [3.63, 3.8) is 0 Å². The van der Waals surface area contributed by atoms with Crippen LogP contribution >= 0.6 is 0 Å². The lowest BCUT2D eigenvalue weighted by molar-refractivity contribution is -0.135. The van der Waals surface area contributed by atoms with Crippen molar-refractivity contribution in [2.24, 2.45) is 0 Å². The van der Waals surface area contributed by atoms with Crippen molar-refractivity contribution in [1.82, 2.24) is 0 Å². The normalized spacial score (nSPS) is 9.85. The van der Waals surface area contributed by atoms with Crippen LogP contribution in [0.3, 0.4) is 0 Å². The minimum absolute atomic E-state index is 0.810. The molecule has 4 heteroatoms. The molecule has 0 fully saturated rings. The smallest absolute Gasteiger partial charge is 0.381 e. The van der Waals surface area contributed by atoms with Gasteiger partial charge in [0, 0.05) is 0 Å². The summed E-state index contributed by atoms with van der Waals surface area (Å²) in [4.78, 5) is 4.00. The minimum Gasteiger partial charge on any atom is -0.497 e. The van der Waals surface area contributed by atoms with Gasteiger partial charge in [-0.05, 0) is 31.4 Å². The van der Waals surface area contributed by atoms with Crippen LogP contribution in [0.4, 0.5) is 0 Å². The molecule has 0 aliphatic heterocycles. The predicted molar refractivity (Wildman–Crippen MR) is 51.6 cm³/mol. The van der Waals surface area contributed by atoms with E-state index in [1.54, 1.807) is 7.11 Å². The summed E-state index contributed by atoms with van der Waals surface area (Å²) >= 11 is 0. The van der Waals surface area contributed by atoms with E-state index >= 15 is 0 Å². The third-order valence-electron chi connectivity index (χ3n) is 1.97. The van der Waals surface area contributed by atoms with E-state index in [0.29, 0.717) is 0 Å². The average Bonchev–Trinajstić information content (AvgIpc) is 2.11. The summed E-state index contributed by atoms with van der Waals surface area (Å²) in [5.41, 5.74) is 2.89. The number of ether oxygens (including phenoxy) is 1. The van der Waals surface area contributed by atoms with Crippen molar-refractivity contribution in [2.45, 2.75) is 13.8 Å². The Hall–Kier alpha value is -0.995. The quantitative estimate of drug-likeness (QED) is 0.428. The van der Waals surface area contributed by atoms with Gasteiger partial charge in [0.25, 0.3) is 0 Å². The molecule has 1 aromatic carbocycles. The lowest BCUT2D eigenvalue weighted by Gasteiger charge is -2.09. The van der Waals surface area contributed by atoms with Gasteiger partial charge >= 0.3 is 7.48 Å². The second-order valence-electron chi connectivity index (χ2n) is 2.90. The van der Waals surface area contributed by atoms with Crippen molar-refractivity contribution in [3.8, 4) is 5.75 Å². The molecule has 0 aliphatic carbocycles. The number of aryl methyl sites for hydroxylation is 2. The molecule has 0 saturated carbocycles. The van der Waals surface area contributed by atoms with Gasteiger partial charge < -0.3 is 9.54 Å². The predicted octanol–water partition coefficient (Wildman–Crippen LogP) is 1.05. The summed E-state index contributed by atoms with van der Waals surface area (Å²) in [6.45, 7) is 3.86. The molecule has 1 aromatic rings. The molecule has 13 heavy (non-hydrogen) atoms. The van der Waals surface area contributed by atoms with Crippen LogP contribution in [-0.4, -0.2) is 19.8 Å². The molecule has 1 N–H and O–H groups in total. The van der Waals surface area contributed by atoms with Gasteiger partial charge in [0.1, 0.15) is 5.75 Å². The van der Waals surface area contributed by atoms with Crippen molar-refractivity contribution >= 4 is 12.9 Å². The van der Waals surface area contributed by atoms with Crippen molar-refractivity contribution < 1.29 is 14.8 Å². The summed E-state index contributed by atoms with van der Waals surface area (Å²) in [6, 6.07) is 3.77. The SMILES string of the molecule is COc1cc(C)c([B]OO)c(C)c1. The Balaban J connectivity index is 3.07. The van der Waals surface area contributed by atoms with Gasteiger partial charge in [-0.15, -0.1) is 0 Å². The van der Waals surface area contributed by atoms with E-state index in [1.165, 1.54) is 7.48 Å². The number of hydrogen-bond donors (Lipinski definition) is 1. The molecule has 0 amide bonds. The van der Waals surface area contributed by atoms with Crippen LogP contribution in [0, 0.1) is 13.8 Å². The Bertz CT molecular complexity index is 276. The van der Waals surface area contributed by atoms with Gasteiger partial charge in [-0.1, -0.05) is 11.1 Å². The molecule has 0 aliphatic rings. The summed E-state index contributed by atoms with van der Waals surface area (Å²) in [6.07, 6.45) is 0. The summed E-state index contributed by atoms with van der Waals surface area (Å²) < 4.78 is 5.09. The highest BCUT2D eigenvalue weighted by molar-refractivity contribution is 6.48. The Morgan fingerprint density at radius 1 is 1.23 bits per heavy atom. The monoisotopic (exact) mass is 179 g/mol. The zero-order valence-electron chi connectivity index (χ0n) is 8.00. The largest absolute Gasteiger partial charge is 0.497 e. The molecule has 0 atom stereocenters. The Kier molecular flexibility index (Phi) is 3.34. The zero-order valence-corrected chi connectivity index (χ0v) is 8.00. The lowest BCUT2D eigenvalue weighted by Crippen LogP contribution is -2.22. The van der Waals surface area contributed by atoms with Crippen LogP contribution < -0.4 is 10.2 Å². The molecular weight excluding hydrogens is 167 g/mol. The van der Waals surface area contributed by atoms with E-state index in [-0.39, 0.29) is 0 Å². The molecule has 0 unspecified atom stereocenters. The Morgan fingerprint density at radius 3 is 2.15 bits per heavy atom. The molecule has 69 valence electrons. The first-order chi connectivity index (χ1) is 6.19. The van der Waals surface area contributed by atoms with Crippen molar-refractivity contribution in [1.29, 1.82) is 0 Å². The van der Waals surface area contributed by atoms with Gasteiger partial charge in [-0.25, -0.2) is 0 Å². The van der Waals surface area contributed by atoms with E-state index in [9.17, 15) is 0 Å². The Morgan fingerprint density at radius 2 is 1.77 bits per heavy atom. The molecule has 0 saturated heterocycles. The standard InChI is InChI=1S/C9H12BO3/c1-6-4-8(12-3)5-7(2)9(6)10-13-11/h4-5,11H,1-3H3. The van der Waals surface area contributed by atoms with E-state index in [0.717, 1.165) is 22.3 Å². The van der Waals surface area contributed by atoms with E-state index < -0.39 is 0 Å². The van der Waals surface area contributed by atoms with Crippen LogP contribution in [0.25, 0.3) is 0 Å². The van der Waals surface area contributed by atoms with E-state index in [4.69, 9.17) is 9.99 Å². The summed E-state index contributed by atoms with van der Waals surface area (Å²) in [5.74, 6) is 0.810. The molecule has 0 aromatic heterocycles. The maximum Gasteiger partial charge on any atom is 0.381 e. The second kappa shape index (κ2) is 4.30. The molecule has 0 spiro atoms. The first-order valence-electron chi connectivity index (χ1n) is 3.97. The van der Waals surface area contributed by atoms with E-state index in [2.05, 4.69) is 4.81 Å². The van der Waals surface area contributed by atoms with Crippen LogP contribution in [-0.2, 0) is 4.81 Å². The molecular formula is C9H12BO3. The first kappa shape index (κ1) is 10.1. The lowest BCUT2D eigenvalue weighted by atomic mass is 9.81.